The topological polar surface area (TPSA) is 39.7 Å². The highest BCUT2D eigenvalue weighted by atomic mass is 15.2. The second-order valence-electron chi connectivity index (χ2n) is 5.36. The fourth-order valence-electron chi connectivity index (χ4n) is 2.85. The van der Waals surface area contributed by atoms with Crippen LogP contribution in [-0.4, -0.2) is 43.1 Å². The number of rotatable bonds is 3. The van der Waals surface area contributed by atoms with Crippen molar-refractivity contribution in [1.82, 2.24) is 15.5 Å². The van der Waals surface area contributed by atoms with Gasteiger partial charge in [-0.3, -0.25) is 9.89 Å². The molecule has 0 bridgehead atoms. The molecule has 2 aliphatic heterocycles. The zero-order valence-electron chi connectivity index (χ0n) is 11.3. The van der Waals surface area contributed by atoms with Crippen molar-refractivity contribution < 1.29 is 0 Å². The first-order valence-corrected chi connectivity index (χ1v) is 7.21. The number of guanidine groups is 1. The van der Waals surface area contributed by atoms with E-state index in [1.54, 1.807) is 0 Å². The second kappa shape index (κ2) is 6.06. The van der Waals surface area contributed by atoms with Gasteiger partial charge < -0.3 is 10.6 Å². The number of aliphatic imine (C=N–C) groups is 1. The van der Waals surface area contributed by atoms with Crippen molar-refractivity contribution in [3.05, 3.63) is 35.9 Å². The number of nitrogens with zero attached hydrogens (tertiary/aromatic N) is 2. The van der Waals surface area contributed by atoms with Crippen LogP contribution in [0.5, 0.6) is 0 Å². The quantitative estimate of drug-likeness (QED) is 0.856. The largest absolute Gasteiger partial charge is 0.355 e. The number of nitrogens with one attached hydrogen (secondary N) is 2. The Hall–Kier alpha value is -1.55. The van der Waals surface area contributed by atoms with E-state index in [1.807, 2.05) is 0 Å². The predicted molar refractivity (Wildman–Crippen MR) is 78.2 cm³/mol. The molecule has 1 saturated heterocycles. The van der Waals surface area contributed by atoms with E-state index < -0.39 is 0 Å². The first-order valence-electron chi connectivity index (χ1n) is 7.21. The lowest BCUT2D eigenvalue weighted by atomic mass is 10.0. The van der Waals surface area contributed by atoms with Gasteiger partial charge in [0.15, 0.2) is 5.96 Å². The molecule has 1 unspecified atom stereocenters. The van der Waals surface area contributed by atoms with Crippen molar-refractivity contribution in [2.24, 2.45) is 4.99 Å². The Morgan fingerprint density at radius 2 is 2.21 bits per heavy atom. The van der Waals surface area contributed by atoms with E-state index in [4.69, 9.17) is 0 Å². The molecule has 1 atom stereocenters. The summed E-state index contributed by atoms with van der Waals surface area (Å²) in [6.07, 6.45) is 2.50. The third-order valence-corrected chi connectivity index (χ3v) is 3.77. The van der Waals surface area contributed by atoms with Crippen molar-refractivity contribution in [3.63, 3.8) is 0 Å². The van der Waals surface area contributed by atoms with Crippen molar-refractivity contribution in [3.8, 4) is 0 Å². The van der Waals surface area contributed by atoms with Crippen molar-refractivity contribution >= 4 is 5.96 Å². The molecule has 19 heavy (non-hydrogen) atoms. The van der Waals surface area contributed by atoms with E-state index in [0.717, 1.165) is 32.1 Å². The van der Waals surface area contributed by atoms with Gasteiger partial charge in [-0.1, -0.05) is 30.3 Å². The second-order valence-corrected chi connectivity index (χ2v) is 5.36. The van der Waals surface area contributed by atoms with Gasteiger partial charge in [0.25, 0.3) is 0 Å². The molecule has 4 nitrogen and oxygen atoms in total. The minimum Gasteiger partial charge on any atom is -0.355 e. The molecule has 3 rings (SSSR count). The summed E-state index contributed by atoms with van der Waals surface area (Å²) < 4.78 is 0. The summed E-state index contributed by atoms with van der Waals surface area (Å²) in [6, 6.07) is 11.3. The molecule has 1 fully saturated rings. The van der Waals surface area contributed by atoms with Gasteiger partial charge in [-0.15, -0.1) is 0 Å². The van der Waals surface area contributed by atoms with Gasteiger partial charge in [0.05, 0.1) is 6.54 Å². The number of hydrogen-bond acceptors (Lipinski definition) is 4. The van der Waals surface area contributed by atoms with Crippen LogP contribution in [0.1, 0.15) is 18.4 Å². The molecular formula is C15H22N4. The van der Waals surface area contributed by atoms with Crippen LogP contribution in [-0.2, 0) is 6.54 Å². The summed E-state index contributed by atoms with van der Waals surface area (Å²) in [5.74, 6) is 0.992. The Labute approximate surface area is 114 Å². The Morgan fingerprint density at radius 1 is 1.32 bits per heavy atom. The molecule has 102 valence electrons. The molecule has 0 radical (unpaired) electrons. The summed E-state index contributed by atoms with van der Waals surface area (Å²) >= 11 is 0. The van der Waals surface area contributed by atoms with Gasteiger partial charge in [-0.05, 0) is 24.9 Å². The summed E-state index contributed by atoms with van der Waals surface area (Å²) in [6.45, 7) is 5.24. The van der Waals surface area contributed by atoms with E-state index in [9.17, 15) is 0 Å². The Morgan fingerprint density at radius 3 is 3.00 bits per heavy atom. The summed E-state index contributed by atoms with van der Waals surface area (Å²) in [7, 11) is 0. The highest BCUT2D eigenvalue weighted by Crippen LogP contribution is 2.13. The predicted octanol–water partition coefficient (Wildman–Crippen LogP) is 1.20. The van der Waals surface area contributed by atoms with Crippen LogP contribution >= 0.6 is 0 Å². The lowest BCUT2D eigenvalue weighted by molar-refractivity contribution is 0.193. The van der Waals surface area contributed by atoms with Crippen LogP contribution in [0, 0.1) is 0 Å². The van der Waals surface area contributed by atoms with Crippen molar-refractivity contribution in [1.29, 1.82) is 0 Å². The van der Waals surface area contributed by atoms with Crippen LogP contribution in [0.2, 0.25) is 0 Å². The first kappa shape index (κ1) is 12.5. The normalized spacial score (nSPS) is 23.8. The third kappa shape index (κ3) is 3.47. The van der Waals surface area contributed by atoms with E-state index in [2.05, 4.69) is 50.9 Å². The van der Waals surface area contributed by atoms with E-state index >= 15 is 0 Å². The number of likely N-dealkylation sites (tertiary alicyclic amines) is 1. The molecule has 0 amide bonds. The Kier molecular flexibility index (Phi) is 3.98. The first-order chi connectivity index (χ1) is 9.40. The summed E-state index contributed by atoms with van der Waals surface area (Å²) in [4.78, 5) is 6.95. The Balaban J connectivity index is 1.53. The van der Waals surface area contributed by atoms with Crippen molar-refractivity contribution in [2.75, 3.05) is 26.2 Å². The fourth-order valence-corrected chi connectivity index (χ4v) is 2.85. The van der Waals surface area contributed by atoms with Crippen LogP contribution < -0.4 is 10.6 Å². The van der Waals surface area contributed by atoms with Gasteiger partial charge in [0.1, 0.15) is 0 Å². The molecule has 0 aliphatic carbocycles. The average molecular weight is 258 g/mol. The van der Waals surface area contributed by atoms with Crippen LogP contribution in [0.3, 0.4) is 0 Å². The van der Waals surface area contributed by atoms with Gasteiger partial charge in [-0.2, -0.15) is 0 Å². The molecule has 1 aromatic rings. The number of piperidine rings is 1. The van der Waals surface area contributed by atoms with E-state index in [1.165, 1.54) is 24.9 Å². The lowest BCUT2D eigenvalue weighted by Gasteiger charge is -2.33. The number of hydrogen-bond donors (Lipinski definition) is 2. The highest BCUT2D eigenvalue weighted by Gasteiger charge is 2.21. The maximum absolute atomic E-state index is 4.41. The minimum atomic E-state index is 0.529. The zero-order valence-corrected chi connectivity index (χ0v) is 11.3. The van der Waals surface area contributed by atoms with E-state index in [0.29, 0.717) is 6.04 Å². The molecule has 0 spiro atoms. The number of benzene rings is 1. The van der Waals surface area contributed by atoms with Crippen LogP contribution in [0.4, 0.5) is 0 Å². The lowest BCUT2D eigenvalue weighted by Crippen LogP contribution is -2.49. The minimum absolute atomic E-state index is 0.529. The Bertz CT molecular complexity index is 429. The fraction of sp³-hybridized carbons (Fsp3) is 0.533. The monoisotopic (exact) mass is 258 g/mol. The molecule has 2 heterocycles. The molecule has 2 N–H and O–H groups in total. The SMILES string of the molecule is c1ccc(CN2CCCC(NC3=NCCN3)C2)cc1. The molecule has 0 aromatic heterocycles. The standard InChI is InChI=1S/C15H22N4/c1-2-5-13(6-3-1)11-19-10-4-7-14(12-19)18-15-16-8-9-17-15/h1-3,5-6,14H,4,7-12H2,(H2,16,17,18). The summed E-state index contributed by atoms with van der Waals surface area (Å²) in [5, 5.41) is 6.82. The molecule has 2 aliphatic rings. The van der Waals surface area contributed by atoms with E-state index in [-0.39, 0.29) is 0 Å². The average Bonchev–Trinajstić information content (AvgIpc) is 2.93. The summed E-state index contributed by atoms with van der Waals surface area (Å²) in [5.41, 5.74) is 1.40. The van der Waals surface area contributed by atoms with Gasteiger partial charge in [0, 0.05) is 25.7 Å². The van der Waals surface area contributed by atoms with Gasteiger partial charge >= 0.3 is 0 Å². The maximum atomic E-state index is 4.41. The van der Waals surface area contributed by atoms with Gasteiger partial charge in [-0.25, -0.2) is 0 Å². The van der Waals surface area contributed by atoms with Crippen LogP contribution in [0.15, 0.2) is 35.3 Å². The molecule has 0 saturated carbocycles. The highest BCUT2D eigenvalue weighted by molar-refractivity contribution is 5.81. The third-order valence-electron chi connectivity index (χ3n) is 3.77. The molecular weight excluding hydrogens is 236 g/mol. The molecule has 1 aromatic carbocycles. The maximum Gasteiger partial charge on any atom is 0.191 e. The zero-order chi connectivity index (χ0) is 12.9. The molecule has 4 heteroatoms. The van der Waals surface area contributed by atoms with Crippen LogP contribution in [0.25, 0.3) is 0 Å². The van der Waals surface area contributed by atoms with Crippen molar-refractivity contribution in [2.45, 2.75) is 25.4 Å². The smallest absolute Gasteiger partial charge is 0.191 e. The van der Waals surface area contributed by atoms with Gasteiger partial charge in [0.2, 0.25) is 0 Å².